The summed E-state index contributed by atoms with van der Waals surface area (Å²) in [5.74, 6) is 0. The number of nitrogens with zero attached hydrogens (tertiary/aromatic N) is 1. The summed E-state index contributed by atoms with van der Waals surface area (Å²) in [5.41, 5.74) is 12.5. The lowest BCUT2D eigenvalue weighted by atomic mass is 9.93. The molecule has 1 aliphatic carbocycles. The third kappa shape index (κ3) is 4.67. The molecule has 0 aliphatic heterocycles. The first-order valence-electron chi connectivity index (χ1n) is 15.7. The van der Waals surface area contributed by atoms with E-state index in [1.54, 1.807) is 0 Å². The number of allylic oxidation sites excluding steroid dienone is 3. The summed E-state index contributed by atoms with van der Waals surface area (Å²) in [6.07, 6.45) is 11.6. The average Bonchev–Trinajstić information content (AvgIpc) is 3.36. The lowest BCUT2D eigenvalue weighted by molar-refractivity contribution is 1.30. The molecule has 0 saturated heterocycles. The van der Waals surface area contributed by atoms with Crippen LogP contribution in [0.4, 0.5) is 0 Å². The number of aromatic nitrogens is 1. The molecule has 0 bridgehead atoms. The fourth-order valence-electron chi connectivity index (χ4n) is 6.89. The zero-order chi connectivity index (χ0) is 30.5. The first-order valence-corrected chi connectivity index (χ1v) is 16.6. The van der Waals surface area contributed by atoms with Gasteiger partial charge in [0, 0.05) is 32.6 Å². The summed E-state index contributed by atoms with van der Waals surface area (Å²) < 4.78 is 2.63. The quantitative estimate of drug-likeness (QED) is 0.195. The fourth-order valence-corrected chi connectivity index (χ4v) is 8.00. The highest BCUT2D eigenvalue weighted by Gasteiger charge is 2.14. The van der Waals surface area contributed by atoms with E-state index in [1.165, 1.54) is 81.0 Å². The third-order valence-electron chi connectivity index (χ3n) is 9.26. The predicted molar refractivity (Wildman–Crippen MR) is 198 cm³/mol. The number of fused-ring (bicyclic) bond motifs is 6. The third-order valence-corrected chi connectivity index (χ3v) is 10.4. The van der Waals surface area contributed by atoms with E-state index in [2.05, 4.69) is 151 Å². The molecule has 0 spiro atoms. The van der Waals surface area contributed by atoms with E-state index in [4.69, 9.17) is 0 Å². The molecule has 0 N–H and O–H groups in total. The Morgan fingerprint density at radius 2 is 1.28 bits per heavy atom. The molecule has 0 fully saturated rings. The smallest absolute Gasteiger partial charge is 0.0361 e. The molecule has 8 aromatic rings. The molecule has 216 valence electrons. The first-order chi connectivity index (χ1) is 22.8. The highest BCUT2D eigenvalue weighted by atomic mass is 32.1. The highest BCUT2D eigenvalue weighted by Crippen LogP contribution is 2.42. The lowest BCUT2D eigenvalue weighted by Gasteiger charge is -2.11. The fraction of sp³-hybridized carbons (Fsp3) is 0.0227. The standard InChI is InChI=1S/C44H29NS/c1-2-6-29(7-3-1)30-11-14-32-17-18-34-19-20-35(26-40(34)38(32)23-21-30)36-22-24-42-41(27-36)44-39(9-4-10-43(44)46-42)33-15-12-31(13-16-33)37-8-5-25-45-28-37/h1-22,24-28H,23H2. The number of benzene rings is 6. The van der Waals surface area contributed by atoms with Crippen molar-refractivity contribution in [1.29, 1.82) is 0 Å². The Labute approximate surface area is 272 Å². The Morgan fingerprint density at radius 1 is 0.522 bits per heavy atom. The van der Waals surface area contributed by atoms with Gasteiger partial charge < -0.3 is 0 Å². The minimum atomic E-state index is 0.907. The maximum absolute atomic E-state index is 4.30. The van der Waals surface area contributed by atoms with Gasteiger partial charge in [0.25, 0.3) is 0 Å². The largest absolute Gasteiger partial charge is 0.264 e. The highest BCUT2D eigenvalue weighted by molar-refractivity contribution is 7.26. The van der Waals surface area contributed by atoms with Gasteiger partial charge in [-0.3, -0.25) is 4.98 Å². The van der Waals surface area contributed by atoms with Crippen LogP contribution >= 0.6 is 11.3 Å². The zero-order valence-electron chi connectivity index (χ0n) is 25.2. The van der Waals surface area contributed by atoms with Gasteiger partial charge in [0.15, 0.2) is 0 Å². The second-order valence-electron chi connectivity index (χ2n) is 11.9. The van der Waals surface area contributed by atoms with Gasteiger partial charge in [0.05, 0.1) is 0 Å². The van der Waals surface area contributed by atoms with Crippen LogP contribution in [0.2, 0.25) is 0 Å². The molecule has 2 heteroatoms. The van der Waals surface area contributed by atoms with E-state index < -0.39 is 0 Å². The van der Waals surface area contributed by atoms with Gasteiger partial charge in [0.1, 0.15) is 0 Å². The molecule has 9 rings (SSSR count). The van der Waals surface area contributed by atoms with Gasteiger partial charge in [-0.1, -0.05) is 121 Å². The second kappa shape index (κ2) is 11.1. The number of thiophene rings is 1. The van der Waals surface area contributed by atoms with Crippen LogP contribution < -0.4 is 0 Å². The topological polar surface area (TPSA) is 12.9 Å². The Hall–Kier alpha value is -5.57. The summed E-state index contributed by atoms with van der Waals surface area (Å²) in [5, 5.41) is 5.26. The molecule has 0 atom stereocenters. The van der Waals surface area contributed by atoms with Crippen LogP contribution in [-0.4, -0.2) is 4.98 Å². The molecule has 0 radical (unpaired) electrons. The van der Waals surface area contributed by atoms with Crippen LogP contribution in [0.3, 0.4) is 0 Å². The molecule has 6 aromatic carbocycles. The van der Waals surface area contributed by atoms with Crippen LogP contribution in [0.5, 0.6) is 0 Å². The summed E-state index contributed by atoms with van der Waals surface area (Å²) >= 11 is 1.87. The van der Waals surface area contributed by atoms with Gasteiger partial charge >= 0.3 is 0 Å². The van der Waals surface area contributed by atoms with Crippen LogP contribution in [0, 0.1) is 0 Å². The van der Waals surface area contributed by atoms with Crippen molar-refractivity contribution in [1.82, 2.24) is 4.98 Å². The zero-order valence-corrected chi connectivity index (χ0v) is 26.0. The van der Waals surface area contributed by atoms with Crippen molar-refractivity contribution in [3.05, 3.63) is 175 Å². The number of hydrogen-bond donors (Lipinski definition) is 0. The van der Waals surface area contributed by atoms with Crippen molar-refractivity contribution in [2.45, 2.75) is 6.42 Å². The molecule has 2 heterocycles. The van der Waals surface area contributed by atoms with Crippen LogP contribution in [0.25, 0.3) is 76.0 Å². The summed E-state index contributed by atoms with van der Waals surface area (Å²) in [6, 6.07) is 48.8. The van der Waals surface area contributed by atoms with E-state index in [0.29, 0.717) is 0 Å². The molecule has 0 amide bonds. The SMILES string of the molecule is C1=Cc2ccc3ccc(-c4ccc5sc6cccc(-c7ccc(-c8cccnc8)cc7)c6c5c4)cc3c2CC=C1c1ccccc1. The van der Waals surface area contributed by atoms with E-state index in [1.807, 2.05) is 29.8 Å². The van der Waals surface area contributed by atoms with Crippen molar-refractivity contribution < 1.29 is 0 Å². The summed E-state index contributed by atoms with van der Waals surface area (Å²) in [4.78, 5) is 4.30. The minimum absolute atomic E-state index is 0.907. The van der Waals surface area contributed by atoms with E-state index in [0.717, 1.165) is 12.0 Å². The van der Waals surface area contributed by atoms with Gasteiger partial charge in [0.2, 0.25) is 0 Å². The number of pyridine rings is 1. The Morgan fingerprint density at radius 3 is 2.13 bits per heavy atom. The van der Waals surface area contributed by atoms with Gasteiger partial charge in [-0.25, -0.2) is 0 Å². The van der Waals surface area contributed by atoms with Crippen molar-refractivity contribution in [2.75, 3.05) is 0 Å². The minimum Gasteiger partial charge on any atom is -0.264 e. The predicted octanol–water partition coefficient (Wildman–Crippen LogP) is 12.3. The normalized spacial score (nSPS) is 12.7. The van der Waals surface area contributed by atoms with Crippen molar-refractivity contribution in [3.8, 4) is 33.4 Å². The van der Waals surface area contributed by atoms with Crippen molar-refractivity contribution >= 4 is 53.9 Å². The monoisotopic (exact) mass is 603 g/mol. The molecule has 46 heavy (non-hydrogen) atoms. The van der Waals surface area contributed by atoms with E-state index in [-0.39, 0.29) is 0 Å². The maximum atomic E-state index is 4.30. The van der Waals surface area contributed by atoms with Gasteiger partial charge in [-0.05, 0) is 103 Å². The Balaban J connectivity index is 1.13. The van der Waals surface area contributed by atoms with E-state index >= 15 is 0 Å². The molecule has 0 unspecified atom stereocenters. The van der Waals surface area contributed by atoms with Crippen molar-refractivity contribution in [3.63, 3.8) is 0 Å². The molecule has 2 aromatic heterocycles. The van der Waals surface area contributed by atoms with E-state index in [9.17, 15) is 0 Å². The summed E-state index contributed by atoms with van der Waals surface area (Å²) in [7, 11) is 0. The second-order valence-corrected chi connectivity index (χ2v) is 13.0. The van der Waals surface area contributed by atoms with Crippen molar-refractivity contribution in [2.24, 2.45) is 0 Å². The molecule has 0 saturated carbocycles. The van der Waals surface area contributed by atoms with Crippen LogP contribution in [0.15, 0.2) is 158 Å². The average molecular weight is 604 g/mol. The number of hydrogen-bond acceptors (Lipinski definition) is 2. The van der Waals surface area contributed by atoms with Gasteiger partial charge in [-0.15, -0.1) is 11.3 Å². The number of rotatable bonds is 4. The summed E-state index contributed by atoms with van der Waals surface area (Å²) in [6.45, 7) is 0. The van der Waals surface area contributed by atoms with Crippen LogP contribution in [0.1, 0.15) is 16.7 Å². The Bertz CT molecular complexity index is 2470. The molecular formula is C44H29NS. The molecule has 1 aliphatic rings. The maximum Gasteiger partial charge on any atom is 0.0361 e. The molecule has 1 nitrogen and oxygen atoms in total. The first kappa shape index (κ1) is 26.8. The lowest BCUT2D eigenvalue weighted by Crippen LogP contribution is -1.90. The molecular weight excluding hydrogens is 575 g/mol. The Kier molecular flexibility index (Phi) is 6.47. The van der Waals surface area contributed by atoms with Crippen LogP contribution in [-0.2, 0) is 6.42 Å². The van der Waals surface area contributed by atoms with Gasteiger partial charge in [-0.2, -0.15) is 0 Å².